The number of oxazole rings is 1. The monoisotopic (exact) mass is 484 g/mol. The summed E-state index contributed by atoms with van der Waals surface area (Å²) in [6.45, 7) is 9.10. The Morgan fingerprint density at radius 2 is 1.96 bits per heavy atom. The van der Waals surface area contributed by atoms with E-state index >= 15 is 0 Å². The van der Waals surface area contributed by atoms with Gasteiger partial charge in [-0.1, -0.05) is 18.2 Å². The minimum atomic E-state index is 0. The van der Waals surface area contributed by atoms with Crippen LogP contribution in [0.25, 0.3) is 0 Å². The number of aromatic nitrogens is 1. The molecule has 0 atom stereocenters. The van der Waals surface area contributed by atoms with Crippen LogP contribution in [0.5, 0.6) is 5.75 Å². The number of aliphatic imine (C=N–C) groups is 1. The molecule has 148 valence electrons. The van der Waals surface area contributed by atoms with Crippen LogP contribution in [-0.4, -0.2) is 41.6 Å². The van der Waals surface area contributed by atoms with Crippen molar-refractivity contribution >= 4 is 29.9 Å². The number of nitrogens with zero attached hydrogens (tertiary/aromatic N) is 3. The molecule has 0 bridgehead atoms. The van der Waals surface area contributed by atoms with Crippen LogP contribution in [0.4, 0.5) is 0 Å². The summed E-state index contributed by atoms with van der Waals surface area (Å²) in [5.74, 6) is 3.39. The molecular formula is C20H29IN4O2. The molecule has 0 aliphatic carbocycles. The van der Waals surface area contributed by atoms with Crippen LogP contribution >= 0.6 is 24.0 Å². The summed E-state index contributed by atoms with van der Waals surface area (Å²) < 4.78 is 11.7. The lowest BCUT2D eigenvalue weighted by molar-refractivity contribution is 0.129. The highest BCUT2D eigenvalue weighted by Crippen LogP contribution is 2.19. The molecule has 0 radical (unpaired) electrons. The van der Waals surface area contributed by atoms with Crippen molar-refractivity contribution in [3.05, 3.63) is 47.7 Å². The van der Waals surface area contributed by atoms with E-state index in [2.05, 4.69) is 22.1 Å². The van der Waals surface area contributed by atoms with Crippen LogP contribution in [0.3, 0.4) is 0 Å². The number of benzene rings is 1. The molecule has 1 saturated heterocycles. The molecule has 2 aromatic rings. The van der Waals surface area contributed by atoms with Gasteiger partial charge >= 0.3 is 0 Å². The van der Waals surface area contributed by atoms with Gasteiger partial charge in [0.1, 0.15) is 24.2 Å². The average Bonchev–Trinajstić information content (AvgIpc) is 2.98. The highest BCUT2D eigenvalue weighted by atomic mass is 127. The maximum atomic E-state index is 6.08. The Bertz CT molecular complexity index is 705. The topological polar surface area (TPSA) is 62.9 Å². The molecule has 1 aliphatic rings. The number of likely N-dealkylation sites (tertiary alicyclic amines) is 1. The van der Waals surface area contributed by atoms with Crippen LogP contribution in [0.2, 0.25) is 0 Å². The predicted molar refractivity (Wildman–Crippen MR) is 118 cm³/mol. The van der Waals surface area contributed by atoms with Gasteiger partial charge in [-0.2, -0.15) is 0 Å². The molecule has 0 spiro atoms. The summed E-state index contributed by atoms with van der Waals surface area (Å²) in [6, 6.07) is 10.0. The van der Waals surface area contributed by atoms with Gasteiger partial charge in [0, 0.05) is 32.5 Å². The molecule has 6 nitrogen and oxygen atoms in total. The summed E-state index contributed by atoms with van der Waals surface area (Å²) in [5, 5.41) is 3.37. The second kappa shape index (κ2) is 10.5. The summed E-state index contributed by atoms with van der Waals surface area (Å²) in [4.78, 5) is 11.4. The van der Waals surface area contributed by atoms with E-state index in [1.165, 1.54) is 0 Å². The van der Waals surface area contributed by atoms with Crippen LogP contribution in [-0.2, 0) is 6.54 Å². The summed E-state index contributed by atoms with van der Waals surface area (Å²) >= 11 is 0. The molecule has 0 unspecified atom stereocenters. The van der Waals surface area contributed by atoms with Crippen molar-refractivity contribution in [1.82, 2.24) is 15.2 Å². The van der Waals surface area contributed by atoms with E-state index in [-0.39, 0.29) is 30.1 Å². The number of halogens is 1. The van der Waals surface area contributed by atoms with E-state index < -0.39 is 0 Å². The minimum absolute atomic E-state index is 0. The van der Waals surface area contributed by atoms with E-state index in [4.69, 9.17) is 14.1 Å². The third-order valence-electron chi connectivity index (χ3n) is 4.56. The van der Waals surface area contributed by atoms with Crippen molar-refractivity contribution < 1.29 is 9.15 Å². The Hall–Kier alpha value is -1.77. The third-order valence-corrected chi connectivity index (χ3v) is 4.56. The van der Waals surface area contributed by atoms with Gasteiger partial charge < -0.3 is 19.4 Å². The van der Waals surface area contributed by atoms with Crippen LogP contribution in [0.15, 0.2) is 39.7 Å². The molecule has 0 amide bonds. The molecule has 2 heterocycles. The first-order valence-electron chi connectivity index (χ1n) is 9.33. The fourth-order valence-corrected chi connectivity index (χ4v) is 3.05. The molecule has 27 heavy (non-hydrogen) atoms. The molecule has 1 aliphatic heterocycles. The fraction of sp³-hybridized carbons (Fsp3) is 0.500. The van der Waals surface area contributed by atoms with Crippen molar-refractivity contribution in [2.24, 2.45) is 4.99 Å². The largest absolute Gasteiger partial charge is 0.490 e. The molecule has 1 N–H and O–H groups in total. The second-order valence-electron chi connectivity index (χ2n) is 6.54. The minimum Gasteiger partial charge on any atom is -0.490 e. The number of guanidine groups is 1. The lowest BCUT2D eigenvalue weighted by Gasteiger charge is -2.34. The summed E-state index contributed by atoms with van der Waals surface area (Å²) in [7, 11) is 0. The number of hydrogen-bond donors (Lipinski definition) is 1. The normalized spacial score (nSPS) is 15.4. The van der Waals surface area contributed by atoms with E-state index in [1.54, 1.807) is 0 Å². The zero-order valence-electron chi connectivity index (χ0n) is 16.3. The lowest BCUT2D eigenvalue weighted by atomic mass is 10.1. The smallest absolute Gasteiger partial charge is 0.216 e. The second-order valence-corrected chi connectivity index (χ2v) is 6.54. The summed E-state index contributed by atoms with van der Waals surface area (Å²) in [6.07, 6.45) is 2.22. The molecule has 3 rings (SSSR count). The first-order chi connectivity index (χ1) is 12.7. The van der Waals surface area contributed by atoms with E-state index in [0.717, 1.165) is 55.6 Å². The van der Waals surface area contributed by atoms with Gasteiger partial charge in [-0.3, -0.25) is 0 Å². The van der Waals surface area contributed by atoms with Gasteiger partial charge in [0.25, 0.3) is 0 Å². The first-order valence-corrected chi connectivity index (χ1v) is 9.33. The Labute approximate surface area is 178 Å². The third kappa shape index (κ3) is 6.12. The average molecular weight is 484 g/mol. The van der Waals surface area contributed by atoms with E-state index in [1.807, 2.05) is 44.2 Å². The maximum Gasteiger partial charge on any atom is 0.216 e. The molecular weight excluding hydrogens is 455 g/mol. The van der Waals surface area contributed by atoms with Crippen molar-refractivity contribution in [1.29, 1.82) is 0 Å². The van der Waals surface area contributed by atoms with Gasteiger partial charge in [0.05, 0.1) is 5.69 Å². The van der Waals surface area contributed by atoms with Crippen molar-refractivity contribution in [2.75, 3.05) is 19.6 Å². The molecule has 1 aromatic carbocycles. The van der Waals surface area contributed by atoms with Crippen molar-refractivity contribution in [3.8, 4) is 5.75 Å². The zero-order chi connectivity index (χ0) is 18.4. The van der Waals surface area contributed by atoms with Gasteiger partial charge in [-0.25, -0.2) is 9.98 Å². The van der Waals surface area contributed by atoms with Gasteiger partial charge in [-0.15, -0.1) is 24.0 Å². The standard InChI is InChI=1S/C20H28N4O2.HI/c1-4-21-20(22-14-19-23-15(2)16(3)25-19)24-12-10-18(11-13-24)26-17-8-6-5-7-9-17;/h5-9,18H,4,10-14H2,1-3H3,(H,21,22);1H. The van der Waals surface area contributed by atoms with Crippen molar-refractivity contribution in [2.45, 2.75) is 46.3 Å². The number of hydrogen-bond acceptors (Lipinski definition) is 4. The first kappa shape index (κ1) is 21.5. The highest BCUT2D eigenvalue weighted by Gasteiger charge is 2.22. The van der Waals surface area contributed by atoms with Gasteiger partial charge in [0.15, 0.2) is 5.96 Å². The molecule has 0 saturated carbocycles. The van der Waals surface area contributed by atoms with Crippen LogP contribution in [0, 0.1) is 13.8 Å². The van der Waals surface area contributed by atoms with Crippen LogP contribution < -0.4 is 10.1 Å². The fourth-order valence-electron chi connectivity index (χ4n) is 3.05. The zero-order valence-corrected chi connectivity index (χ0v) is 18.6. The Morgan fingerprint density at radius 1 is 1.26 bits per heavy atom. The Balaban J connectivity index is 0.00000261. The van der Waals surface area contributed by atoms with E-state index in [0.29, 0.717) is 12.4 Å². The Kier molecular flexibility index (Phi) is 8.40. The number of piperidine rings is 1. The number of ether oxygens (including phenoxy) is 1. The highest BCUT2D eigenvalue weighted by molar-refractivity contribution is 14.0. The predicted octanol–water partition coefficient (Wildman–Crippen LogP) is 3.92. The number of para-hydroxylation sites is 1. The molecule has 1 fully saturated rings. The summed E-state index contributed by atoms with van der Waals surface area (Å²) in [5.41, 5.74) is 0.930. The number of rotatable bonds is 5. The van der Waals surface area contributed by atoms with Crippen molar-refractivity contribution in [3.63, 3.8) is 0 Å². The maximum absolute atomic E-state index is 6.08. The van der Waals surface area contributed by atoms with Gasteiger partial charge in [-0.05, 0) is 32.9 Å². The quantitative estimate of drug-likeness (QED) is 0.396. The van der Waals surface area contributed by atoms with Gasteiger partial charge in [0.2, 0.25) is 5.89 Å². The van der Waals surface area contributed by atoms with Crippen LogP contribution in [0.1, 0.15) is 37.1 Å². The number of aryl methyl sites for hydroxylation is 2. The van der Waals surface area contributed by atoms with E-state index in [9.17, 15) is 0 Å². The molecule has 7 heteroatoms. The SMILES string of the molecule is CCNC(=NCc1nc(C)c(C)o1)N1CCC(Oc2ccccc2)CC1.I. The lowest BCUT2D eigenvalue weighted by Crippen LogP contribution is -2.47. The Morgan fingerprint density at radius 3 is 2.56 bits per heavy atom. The number of nitrogens with one attached hydrogen (secondary N) is 1. The molecule has 1 aromatic heterocycles.